The number of nitrogens with one attached hydrogen (secondary N) is 1. The van der Waals surface area contributed by atoms with Gasteiger partial charge in [0.25, 0.3) is 0 Å². The molecule has 1 rings (SSSR count). The molecule has 0 spiro atoms. The van der Waals surface area contributed by atoms with Crippen LogP contribution in [-0.4, -0.2) is 6.54 Å². The Morgan fingerprint density at radius 1 is 1.47 bits per heavy atom. The van der Waals surface area contributed by atoms with E-state index in [0.29, 0.717) is 5.41 Å². The van der Waals surface area contributed by atoms with Crippen LogP contribution in [0, 0.1) is 12.3 Å². The summed E-state index contributed by atoms with van der Waals surface area (Å²) < 4.78 is 1.24. The summed E-state index contributed by atoms with van der Waals surface area (Å²) in [5, 5.41) is 3.52. The average Bonchev–Trinajstić information content (AvgIpc) is 2.46. The fourth-order valence-corrected chi connectivity index (χ4v) is 2.83. The largest absolute Gasteiger partial charge is 0.311 e. The molecule has 15 heavy (non-hydrogen) atoms. The quantitative estimate of drug-likeness (QED) is 0.850. The van der Waals surface area contributed by atoms with Crippen LogP contribution in [0.1, 0.15) is 36.9 Å². The van der Waals surface area contributed by atoms with Crippen molar-refractivity contribution in [3.63, 3.8) is 0 Å². The van der Waals surface area contributed by atoms with Crippen molar-refractivity contribution in [2.45, 2.75) is 40.7 Å². The van der Waals surface area contributed by atoms with E-state index in [4.69, 9.17) is 0 Å². The van der Waals surface area contributed by atoms with Crippen LogP contribution in [0.5, 0.6) is 0 Å². The van der Waals surface area contributed by atoms with Gasteiger partial charge in [0.15, 0.2) is 0 Å². The second kappa shape index (κ2) is 5.46. The van der Waals surface area contributed by atoms with E-state index in [2.05, 4.69) is 55.0 Å². The van der Waals surface area contributed by atoms with E-state index in [1.54, 1.807) is 0 Å². The molecule has 0 aromatic carbocycles. The van der Waals surface area contributed by atoms with Crippen LogP contribution < -0.4 is 5.32 Å². The number of hydrogen-bond acceptors (Lipinski definition) is 2. The molecule has 0 fully saturated rings. The molecule has 0 aliphatic heterocycles. The predicted molar refractivity (Wildman–Crippen MR) is 72.5 cm³/mol. The third-order valence-corrected chi connectivity index (χ3v) is 4.90. The van der Waals surface area contributed by atoms with Crippen molar-refractivity contribution >= 4 is 27.3 Å². The van der Waals surface area contributed by atoms with Gasteiger partial charge in [0.2, 0.25) is 0 Å². The Morgan fingerprint density at radius 2 is 2.13 bits per heavy atom. The lowest BCUT2D eigenvalue weighted by Crippen LogP contribution is -2.28. The van der Waals surface area contributed by atoms with Crippen LogP contribution in [0.25, 0.3) is 0 Å². The van der Waals surface area contributed by atoms with E-state index in [1.165, 1.54) is 20.6 Å². The standard InChI is InChI=1S/C12H20BrNS/c1-5-12(3,4)8-14-7-10-6-11(13)9(2)15-10/h6,14H,5,7-8H2,1-4H3. The molecule has 0 radical (unpaired) electrons. The van der Waals surface area contributed by atoms with Crippen LogP contribution in [-0.2, 0) is 6.54 Å². The highest BCUT2D eigenvalue weighted by Crippen LogP contribution is 2.26. The Balaban J connectivity index is 2.38. The summed E-state index contributed by atoms with van der Waals surface area (Å²) in [6.07, 6.45) is 1.22. The Labute approximate surface area is 105 Å². The zero-order valence-electron chi connectivity index (χ0n) is 9.98. The van der Waals surface area contributed by atoms with Gasteiger partial charge in [0.1, 0.15) is 0 Å². The first-order valence-corrected chi connectivity index (χ1v) is 7.01. The first-order valence-electron chi connectivity index (χ1n) is 5.40. The van der Waals surface area contributed by atoms with Crippen LogP contribution in [0.15, 0.2) is 10.5 Å². The molecule has 0 atom stereocenters. The van der Waals surface area contributed by atoms with Crippen molar-refractivity contribution in [1.29, 1.82) is 0 Å². The van der Waals surface area contributed by atoms with Crippen molar-refractivity contribution in [2.75, 3.05) is 6.54 Å². The van der Waals surface area contributed by atoms with Crippen molar-refractivity contribution in [2.24, 2.45) is 5.41 Å². The Kier molecular flexibility index (Phi) is 4.81. The molecular weight excluding hydrogens is 270 g/mol. The number of thiophene rings is 1. The molecule has 1 N–H and O–H groups in total. The molecule has 1 aromatic heterocycles. The number of rotatable bonds is 5. The van der Waals surface area contributed by atoms with Gasteiger partial charge in [-0.05, 0) is 40.8 Å². The zero-order valence-corrected chi connectivity index (χ0v) is 12.4. The first-order chi connectivity index (χ1) is 6.94. The van der Waals surface area contributed by atoms with Crippen LogP contribution >= 0.6 is 27.3 Å². The highest BCUT2D eigenvalue weighted by Gasteiger charge is 2.14. The monoisotopic (exact) mass is 289 g/mol. The van der Waals surface area contributed by atoms with Gasteiger partial charge in [-0.3, -0.25) is 0 Å². The molecule has 1 heterocycles. The Morgan fingerprint density at radius 3 is 2.60 bits per heavy atom. The van der Waals surface area contributed by atoms with Gasteiger partial charge >= 0.3 is 0 Å². The smallest absolute Gasteiger partial charge is 0.0314 e. The molecule has 0 unspecified atom stereocenters. The van der Waals surface area contributed by atoms with Crippen molar-refractivity contribution in [3.05, 3.63) is 20.3 Å². The lowest BCUT2D eigenvalue weighted by molar-refractivity contribution is 0.328. The van der Waals surface area contributed by atoms with Gasteiger partial charge in [0.05, 0.1) is 0 Å². The van der Waals surface area contributed by atoms with E-state index in [1.807, 2.05) is 11.3 Å². The molecule has 0 aliphatic rings. The van der Waals surface area contributed by atoms with E-state index < -0.39 is 0 Å². The van der Waals surface area contributed by atoms with E-state index >= 15 is 0 Å². The van der Waals surface area contributed by atoms with Crippen LogP contribution in [0.4, 0.5) is 0 Å². The minimum absolute atomic E-state index is 0.406. The van der Waals surface area contributed by atoms with Gasteiger partial charge < -0.3 is 5.32 Å². The van der Waals surface area contributed by atoms with Gasteiger partial charge in [-0.1, -0.05) is 20.8 Å². The summed E-state index contributed by atoms with van der Waals surface area (Å²) in [5.41, 5.74) is 0.406. The Bertz CT molecular complexity index is 298. The zero-order chi connectivity index (χ0) is 11.5. The molecule has 1 aromatic rings. The second-order valence-electron chi connectivity index (χ2n) is 4.74. The van der Waals surface area contributed by atoms with Gasteiger partial charge in [-0.25, -0.2) is 0 Å². The van der Waals surface area contributed by atoms with E-state index in [9.17, 15) is 0 Å². The summed E-state index contributed by atoms with van der Waals surface area (Å²) in [4.78, 5) is 2.77. The van der Waals surface area contributed by atoms with E-state index in [-0.39, 0.29) is 0 Å². The van der Waals surface area contributed by atoms with Crippen LogP contribution in [0.3, 0.4) is 0 Å². The normalized spacial score (nSPS) is 12.1. The second-order valence-corrected chi connectivity index (χ2v) is 6.93. The molecule has 0 aliphatic carbocycles. The maximum atomic E-state index is 3.54. The molecule has 0 amide bonds. The van der Waals surface area contributed by atoms with Crippen LogP contribution in [0.2, 0.25) is 0 Å². The lowest BCUT2D eigenvalue weighted by atomic mass is 9.90. The summed E-state index contributed by atoms with van der Waals surface area (Å²) in [6.45, 7) is 11.1. The summed E-state index contributed by atoms with van der Waals surface area (Å²) in [5.74, 6) is 0. The molecular formula is C12H20BrNS. The maximum Gasteiger partial charge on any atom is 0.0314 e. The highest BCUT2D eigenvalue weighted by molar-refractivity contribution is 9.10. The lowest BCUT2D eigenvalue weighted by Gasteiger charge is -2.22. The first kappa shape index (κ1) is 13.2. The topological polar surface area (TPSA) is 12.0 Å². The predicted octanol–water partition coefficient (Wildman–Crippen LogP) is 4.34. The van der Waals surface area contributed by atoms with Crippen molar-refractivity contribution in [3.8, 4) is 0 Å². The van der Waals surface area contributed by atoms with Gasteiger partial charge in [-0.15, -0.1) is 11.3 Å². The molecule has 0 bridgehead atoms. The molecule has 3 heteroatoms. The SMILES string of the molecule is CCC(C)(C)CNCc1cc(Br)c(C)s1. The number of aryl methyl sites for hydroxylation is 1. The third-order valence-electron chi connectivity index (χ3n) is 2.77. The summed E-state index contributed by atoms with van der Waals surface area (Å²) in [7, 11) is 0. The number of hydrogen-bond donors (Lipinski definition) is 1. The summed E-state index contributed by atoms with van der Waals surface area (Å²) >= 11 is 5.41. The minimum atomic E-state index is 0.406. The molecule has 0 saturated carbocycles. The minimum Gasteiger partial charge on any atom is -0.311 e. The third kappa shape index (κ3) is 4.25. The van der Waals surface area contributed by atoms with Crippen molar-refractivity contribution < 1.29 is 0 Å². The highest BCUT2D eigenvalue weighted by atomic mass is 79.9. The maximum absolute atomic E-state index is 3.54. The van der Waals surface area contributed by atoms with Crippen molar-refractivity contribution in [1.82, 2.24) is 5.32 Å². The Hall–Kier alpha value is 0.140. The fraction of sp³-hybridized carbons (Fsp3) is 0.667. The molecule has 86 valence electrons. The van der Waals surface area contributed by atoms with Gasteiger partial charge in [0, 0.05) is 27.3 Å². The van der Waals surface area contributed by atoms with Gasteiger partial charge in [-0.2, -0.15) is 0 Å². The molecule has 1 nitrogen and oxygen atoms in total. The average molecular weight is 290 g/mol. The van der Waals surface area contributed by atoms with E-state index in [0.717, 1.165) is 13.1 Å². The number of halogens is 1. The summed E-state index contributed by atoms with van der Waals surface area (Å²) in [6, 6.07) is 2.21. The molecule has 0 saturated heterocycles. The fourth-order valence-electron chi connectivity index (χ4n) is 1.25.